The SMILES string of the molecule is COc1cc(C)cc(C)c1NCC1(CN)CC1. The number of ether oxygens (including phenoxy) is 1. The van der Waals surface area contributed by atoms with E-state index >= 15 is 0 Å². The van der Waals surface area contributed by atoms with Crippen LogP contribution in [0.25, 0.3) is 0 Å². The van der Waals surface area contributed by atoms with E-state index in [1.165, 1.54) is 24.0 Å². The summed E-state index contributed by atoms with van der Waals surface area (Å²) in [7, 11) is 1.72. The van der Waals surface area contributed by atoms with E-state index in [0.717, 1.165) is 24.5 Å². The van der Waals surface area contributed by atoms with Gasteiger partial charge in [0.25, 0.3) is 0 Å². The van der Waals surface area contributed by atoms with Gasteiger partial charge in [-0.2, -0.15) is 0 Å². The predicted molar refractivity (Wildman–Crippen MR) is 71.7 cm³/mol. The van der Waals surface area contributed by atoms with Gasteiger partial charge < -0.3 is 15.8 Å². The summed E-state index contributed by atoms with van der Waals surface area (Å²) in [5, 5.41) is 3.51. The Labute approximate surface area is 103 Å². The highest BCUT2D eigenvalue weighted by Gasteiger charge is 2.41. The first-order chi connectivity index (χ1) is 8.10. The molecular formula is C14H22N2O. The first-order valence-electron chi connectivity index (χ1n) is 6.19. The van der Waals surface area contributed by atoms with Crippen LogP contribution >= 0.6 is 0 Å². The number of anilines is 1. The summed E-state index contributed by atoms with van der Waals surface area (Å²) in [6, 6.07) is 4.24. The molecule has 3 N–H and O–H groups in total. The molecule has 0 heterocycles. The lowest BCUT2D eigenvalue weighted by molar-refractivity contribution is 0.415. The summed E-state index contributed by atoms with van der Waals surface area (Å²) in [6.07, 6.45) is 2.48. The van der Waals surface area contributed by atoms with Crippen LogP contribution in [0, 0.1) is 19.3 Å². The second-order valence-electron chi connectivity index (χ2n) is 5.22. The predicted octanol–water partition coefficient (Wildman–Crippen LogP) is 2.46. The van der Waals surface area contributed by atoms with E-state index in [1.54, 1.807) is 7.11 Å². The van der Waals surface area contributed by atoms with Gasteiger partial charge >= 0.3 is 0 Å². The number of nitrogens with one attached hydrogen (secondary N) is 1. The lowest BCUT2D eigenvalue weighted by Crippen LogP contribution is -2.24. The van der Waals surface area contributed by atoms with Crippen molar-refractivity contribution in [2.75, 3.05) is 25.5 Å². The van der Waals surface area contributed by atoms with Crippen LogP contribution in [0.15, 0.2) is 12.1 Å². The Morgan fingerprint density at radius 1 is 1.35 bits per heavy atom. The maximum absolute atomic E-state index is 5.79. The smallest absolute Gasteiger partial charge is 0.142 e. The van der Waals surface area contributed by atoms with Crippen molar-refractivity contribution in [2.24, 2.45) is 11.1 Å². The number of rotatable bonds is 5. The van der Waals surface area contributed by atoms with Crippen molar-refractivity contribution < 1.29 is 4.74 Å². The van der Waals surface area contributed by atoms with Crippen LogP contribution in [0.4, 0.5) is 5.69 Å². The number of methoxy groups -OCH3 is 1. The third-order valence-electron chi connectivity index (χ3n) is 3.69. The second-order valence-corrected chi connectivity index (χ2v) is 5.22. The number of aryl methyl sites for hydroxylation is 2. The van der Waals surface area contributed by atoms with E-state index in [2.05, 4.69) is 31.3 Å². The molecule has 0 atom stereocenters. The number of hydrogen-bond acceptors (Lipinski definition) is 3. The van der Waals surface area contributed by atoms with Crippen LogP contribution in [0.3, 0.4) is 0 Å². The van der Waals surface area contributed by atoms with Gasteiger partial charge in [-0.15, -0.1) is 0 Å². The maximum Gasteiger partial charge on any atom is 0.142 e. The average molecular weight is 234 g/mol. The molecule has 94 valence electrons. The molecule has 1 aromatic carbocycles. The van der Waals surface area contributed by atoms with Crippen LogP contribution in [-0.2, 0) is 0 Å². The summed E-state index contributed by atoms with van der Waals surface area (Å²) >= 11 is 0. The van der Waals surface area contributed by atoms with E-state index in [0.29, 0.717) is 5.41 Å². The Morgan fingerprint density at radius 2 is 2.06 bits per heavy atom. The molecule has 1 aliphatic rings. The molecule has 1 saturated carbocycles. The molecule has 0 saturated heterocycles. The summed E-state index contributed by atoms with van der Waals surface area (Å²) in [5.74, 6) is 0.926. The summed E-state index contributed by atoms with van der Waals surface area (Å²) < 4.78 is 5.43. The van der Waals surface area contributed by atoms with Crippen LogP contribution < -0.4 is 15.8 Å². The molecule has 0 unspecified atom stereocenters. The van der Waals surface area contributed by atoms with Crippen molar-refractivity contribution in [1.29, 1.82) is 0 Å². The van der Waals surface area contributed by atoms with Gasteiger partial charge in [0, 0.05) is 6.54 Å². The second kappa shape index (κ2) is 4.57. The Morgan fingerprint density at radius 3 is 2.59 bits per heavy atom. The molecule has 0 radical (unpaired) electrons. The Bertz CT molecular complexity index is 411. The molecule has 0 bridgehead atoms. The van der Waals surface area contributed by atoms with Gasteiger partial charge in [-0.1, -0.05) is 6.07 Å². The van der Waals surface area contributed by atoms with Crippen molar-refractivity contribution in [1.82, 2.24) is 0 Å². The monoisotopic (exact) mass is 234 g/mol. The molecule has 3 heteroatoms. The minimum absolute atomic E-state index is 0.336. The fraction of sp³-hybridized carbons (Fsp3) is 0.571. The maximum atomic E-state index is 5.79. The van der Waals surface area contributed by atoms with E-state index < -0.39 is 0 Å². The van der Waals surface area contributed by atoms with Crippen molar-refractivity contribution >= 4 is 5.69 Å². The van der Waals surface area contributed by atoms with Crippen LogP contribution in [0.1, 0.15) is 24.0 Å². The standard InChI is InChI=1S/C14H22N2O/c1-10-6-11(2)13(12(7-10)17-3)16-9-14(8-15)4-5-14/h6-7,16H,4-5,8-9,15H2,1-3H3. The molecule has 1 fully saturated rings. The highest BCUT2D eigenvalue weighted by Crippen LogP contribution is 2.45. The van der Waals surface area contributed by atoms with E-state index in [9.17, 15) is 0 Å². The lowest BCUT2D eigenvalue weighted by atomic mass is 10.1. The third-order valence-corrected chi connectivity index (χ3v) is 3.69. The Hall–Kier alpha value is -1.22. The quantitative estimate of drug-likeness (QED) is 0.822. The largest absolute Gasteiger partial charge is 0.495 e. The Kier molecular flexibility index (Phi) is 3.29. The fourth-order valence-corrected chi connectivity index (χ4v) is 2.22. The Balaban J connectivity index is 2.14. The average Bonchev–Trinajstić information content (AvgIpc) is 3.07. The topological polar surface area (TPSA) is 47.3 Å². The summed E-state index contributed by atoms with van der Waals surface area (Å²) in [5.41, 5.74) is 9.70. The zero-order chi connectivity index (χ0) is 12.5. The number of benzene rings is 1. The van der Waals surface area contributed by atoms with E-state index in [4.69, 9.17) is 10.5 Å². The van der Waals surface area contributed by atoms with Crippen LogP contribution in [0.2, 0.25) is 0 Å². The van der Waals surface area contributed by atoms with Crippen LogP contribution in [-0.4, -0.2) is 20.2 Å². The van der Waals surface area contributed by atoms with Gasteiger partial charge in [0.15, 0.2) is 0 Å². The molecular weight excluding hydrogens is 212 g/mol. The molecule has 17 heavy (non-hydrogen) atoms. The zero-order valence-electron chi connectivity index (χ0n) is 11.0. The molecule has 0 aromatic heterocycles. The van der Waals surface area contributed by atoms with Gasteiger partial charge in [-0.3, -0.25) is 0 Å². The zero-order valence-corrected chi connectivity index (χ0v) is 11.0. The molecule has 1 aliphatic carbocycles. The van der Waals surface area contributed by atoms with Gasteiger partial charge in [0.1, 0.15) is 5.75 Å². The normalized spacial score (nSPS) is 16.7. The van der Waals surface area contributed by atoms with Crippen molar-refractivity contribution in [3.05, 3.63) is 23.3 Å². The van der Waals surface area contributed by atoms with Crippen LogP contribution in [0.5, 0.6) is 5.75 Å². The minimum Gasteiger partial charge on any atom is -0.495 e. The van der Waals surface area contributed by atoms with Gasteiger partial charge in [-0.25, -0.2) is 0 Å². The van der Waals surface area contributed by atoms with Crippen molar-refractivity contribution in [3.8, 4) is 5.75 Å². The number of nitrogens with two attached hydrogens (primary N) is 1. The van der Waals surface area contributed by atoms with Gasteiger partial charge in [-0.05, 0) is 55.8 Å². The highest BCUT2D eigenvalue weighted by molar-refractivity contribution is 5.63. The first-order valence-corrected chi connectivity index (χ1v) is 6.19. The fourth-order valence-electron chi connectivity index (χ4n) is 2.22. The molecule has 0 aliphatic heterocycles. The van der Waals surface area contributed by atoms with Crippen molar-refractivity contribution in [3.63, 3.8) is 0 Å². The number of hydrogen-bond donors (Lipinski definition) is 2. The third kappa shape index (κ3) is 2.55. The van der Waals surface area contributed by atoms with Gasteiger partial charge in [0.2, 0.25) is 0 Å². The van der Waals surface area contributed by atoms with E-state index in [1.807, 2.05) is 0 Å². The molecule has 0 amide bonds. The lowest BCUT2D eigenvalue weighted by Gasteiger charge is -2.19. The first kappa shape index (κ1) is 12.2. The molecule has 3 nitrogen and oxygen atoms in total. The highest BCUT2D eigenvalue weighted by atomic mass is 16.5. The van der Waals surface area contributed by atoms with E-state index in [-0.39, 0.29) is 0 Å². The minimum atomic E-state index is 0.336. The van der Waals surface area contributed by atoms with Gasteiger partial charge in [0.05, 0.1) is 12.8 Å². The molecule has 0 spiro atoms. The summed E-state index contributed by atoms with van der Waals surface area (Å²) in [6.45, 7) is 5.92. The van der Waals surface area contributed by atoms with Crippen molar-refractivity contribution in [2.45, 2.75) is 26.7 Å². The molecule has 1 aromatic rings. The summed E-state index contributed by atoms with van der Waals surface area (Å²) in [4.78, 5) is 0. The molecule has 2 rings (SSSR count).